The molecule has 0 spiro atoms. The monoisotopic (exact) mass is 636 g/mol. The summed E-state index contributed by atoms with van der Waals surface area (Å²) in [5, 5.41) is -0.424. The molecule has 0 unspecified atom stereocenters. The van der Waals surface area contributed by atoms with Gasteiger partial charge in [0.25, 0.3) is 5.91 Å². The third-order valence-corrected chi connectivity index (χ3v) is 8.03. The number of amides is 1. The van der Waals surface area contributed by atoms with Crippen molar-refractivity contribution in [1.29, 1.82) is 0 Å². The number of hydrogen-bond acceptors (Lipinski definition) is 8. The number of nitrogens with two attached hydrogens (primary N) is 4. The van der Waals surface area contributed by atoms with Crippen LogP contribution in [0.5, 0.6) is 0 Å². The zero-order valence-electron chi connectivity index (χ0n) is 22.1. The fourth-order valence-electron chi connectivity index (χ4n) is 4.21. The minimum absolute atomic E-state index is 0. The van der Waals surface area contributed by atoms with E-state index in [1.165, 1.54) is 18.2 Å². The quantitative estimate of drug-likeness (QED) is 0.150. The molecule has 1 aliphatic rings. The molecule has 8 N–H and O–H groups in total. The second kappa shape index (κ2) is 15.5. The Morgan fingerprint density at radius 1 is 1.00 bits per heavy atom. The number of hydrogen-bond donors (Lipinski definition) is 4. The van der Waals surface area contributed by atoms with Crippen molar-refractivity contribution in [3.63, 3.8) is 0 Å². The molecule has 3 rings (SSSR count). The first-order valence-electron chi connectivity index (χ1n) is 12.7. The fourth-order valence-corrected chi connectivity index (χ4v) is 5.34. The SMILES string of the molecule is Br.NC(N)=NCCC[C@@H](/C=C(\N)S(=O)(=O)c1ccccc1)C(=O)[C@@H](N)Cc1ccc(C(=O)N2CCOCC2)cc1. The summed E-state index contributed by atoms with van der Waals surface area (Å²) in [5.74, 6) is -1.38. The number of rotatable bonds is 12. The number of guanidine groups is 1. The molecule has 0 aromatic heterocycles. The largest absolute Gasteiger partial charge is 0.389 e. The van der Waals surface area contributed by atoms with Crippen LogP contribution >= 0.6 is 17.0 Å². The highest BCUT2D eigenvalue weighted by molar-refractivity contribution is 8.93. The summed E-state index contributed by atoms with van der Waals surface area (Å²) in [6.45, 7) is 2.38. The van der Waals surface area contributed by atoms with E-state index in [-0.39, 0.29) is 58.9 Å². The van der Waals surface area contributed by atoms with Gasteiger partial charge < -0.3 is 32.6 Å². The lowest BCUT2D eigenvalue weighted by molar-refractivity contribution is -0.122. The Balaban J connectivity index is 0.00000560. The highest BCUT2D eigenvalue weighted by Crippen LogP contribution is 2.21. The average Bonchev–Trinajstić information content (AvgIpc) is 2.95. The molecule has 218 valence electrons. The molecule has 0 radical (unpaired) electrons. The van der Waals surface area contributed by atoms with Gasteiger partial charge in [-0.3, -0.25) is 14.6 Å². The fraction of sp³-hybridized carbons (Fsp3) is 0.370. The van der Waals surface area contributed by atoms with E-state index in [1.54, 1.807) is 47.4 Å². The lowest BCUT2D eigenvalue weighted by Gasteiger charge is -2.27. The van der Waals surface area contributed by atoms with E-state index in [1.807, 2.05) is 0 Å². The number of sulfone groups is 1. The normalized spacial score (nSPS) is 15.4. The number of nitrogens with zero attached hydrogens (tertiary/aromatic N) is 2. The smallest absolute Gasteiger partial charge is 0.254 e. The first-order chi connectivity index (χ1) is 18.6. The molecule has 1 aliphatic heterocycles. The minimum atomic E-state index is -3.98. The van der Waals surface area contributed by atoms with Crippen LogP contribution in [0, 0.1) is 5.92 Å². The van der Waals surface area contributed by atoms with Gasteiger partial charge in [-0.1, -0.05) is 30.3 Å². The van der Waals surface area contributed by atoms with E-state index in [2.05, 4.69) is 4.99 Å². The summed E-state index contributed by atoms with van der Waals surface area (Å²) in [6.07, 6.45) is 2.12. The molecule has 0 bridgehead atoms. The first-order valence-corrected chi connectivity index (χ1v) is 14.2. The number of morpholine rings is 1. The van der Waals surface area contributed by atoms with Gasteiger partial charge in [-0.2, -0.15) is 0 Å². The number of carbonyl (C=O) groups excluding carboxylic acids is 2. The van der Waals surface area contributed by atoms with Crippen molar-refractivity contribution in [3.8, 4) is 0 Å². The van der Waals surface area contributed by atoms with E-state index in [4.69, 9.17) is 27.7 Å². The molecule has 0 aliphatic carbocycles. The Morgan fingerprint density at radius 3 is 2.23 bits per heavy atom. The predicted molar refractivity (Wildman–Crippen MR) is 159 cm³/mol. The van der Waals surface area contributed by atoms with E-state index in [0.717, 1.165) is 5.56 Å². The predicted octanol–water partition coefficient (Wildman–Crippen LogP) is 1.12. The van der Waals surface area contributed by atoms with Gasteiger partial charge in [-0.15, -0.1) is 17.0 Å². The molecular weight excluding hydrogens is 600 g/mol. The molecule has 2 atom stereocenters. The van der Waals surface area contributed by atoms with Crippen molar-refractivity contribution in [2.75, 3.05) is 32.8 Å². The Morgan fingerprint density at radius 2 is 1.62 bits per heavy atom. The van der Waals surface area contributed by atoms with Gasteiger partial charge >= 0.3 is 0 Å². The van der Waals surface area contributed by atoms with Gasteiger partial charge in [0.2, 0.25) is 9.84 Å². The third kappa shape index (κ3) is 9.15. The van der Waals surface area contributed by atoms with Crippen LogP contribution in [0.4, 0.5) is 0 Å². The molecule has 1 fully saturated rings. The maximum Gasteiger partial charge on any atom is 0.254 e. The lowest BCUT2D eigenvalue weighted by atomic mass is 9.90. The molecule has 2 aromatic rings. The Bertz CT molecular complexity index is 1290. The maximum atomic E-state index is 13.4. The van der Waals surface area contributed by atoms with E-state index >= 15 is 0 Å². The molecule has 1 heterocycles. The van der Waals surface area contributed by atoms with Crippen molar-refractivity contribution in [2.24, 2.45) is 33.8 Å². The van der Waals surface area contributed by atoms with Crippen LogP contribution in [0.25, 0.3) is 0 Å². The van der Waals surface area contributed by atoms with Crippen molar-refractivity contribution >= 4 is 44.5 Å². The number of carbonyl (C=O) groups is 2. The van der Waals surface area contributed by atoms with Gasteiger partial charge in [0, 0.05) is 31.1 Å². The third-order valence-electron chi connectivity index (χ3n) is 6.38. The summed E-state index contributed by atoms with van der Waals surface area (Å²) < 4.78 is 31.2. The zero-order chi connectivity index (χ0) is 28.4. The van der Waals surface area contributed by atoms with Gasteiger partial charge in [-0.05, 0) is 55.2 Å². The van der Waals surface area contributed by atoms with Crippen molar-refractivity contribution in [3.05, 3.63) is 76.8 Å². The second-order valence-electron chi connectivity index (χ2n) is 9.26. The van der Waals surface area contributed by atoms with Crippen LogP contribution in [-0.4, -0.2) is 69.9 Å². The highest BCUT2D eigenvalue weighted by Gasteiger charge is 2.26. The molecule has 13 heteroatoms. The number of halogens is 1. The summed E-state index contributed by atoms with van der Waals surface area (Å²) >= 11 is 0. The average molecular weight is 638 g/mol. The van der Waals surface area contributed by atoms with Crippen LogP contribution in [0.1, 0.15) is 28.8 Å². The van der Waals surface area contributed by atoms with Gasteiger partial charge in [0.15, 0.2) is 11.7 Å². The van der Waals surface area contributed by atoms with E-state index in [0.29, 0.717) is 38.3 Å². The highest BCUT2D eigenvalue weighted by atomic mass is 79.9. The number of Topliss-reactive ketones (excluding diaryl/α,β-unsaturated/α-hetero) is 1. The summed E-state index contributed by atoms with van der Waals surface area (Å²) in [7, 11) is -3.98. The van der Waals surface area contributed by atoms with Gasteiger partial charge in [-0.25, -0.2) is 8.42 Å². The summed E-state index contributed by atoms with van der Waals surface area (Å²) in [4.78, 5) is 31.7. The Labute approximate surface area is 245 Å². The number of ether oxygens (including phenoxy) is 1. The van der Waals surface area contributed by atoms with Crippen LogP contribution < -0.4 is 22.9 Å². The maximum absolute atomic E-state index is 13.4. The number of allylic oxidation sites excluding steroid dienone is 1. The first kappa shape index (κ1) is 32.9. The van der Waals surface area contributed by atoms with Gasteiger partial charge in [0.05, 0.1) is 24.2 Å². The molecule has 40 heavy (non-hydrogen) atoms. The zero-order valence-corrected chi connectivity index (χ0v) is 24.7. The number of ketones is 1. The lowest BCUT2D eigenvalue weighted by Crippen LogP contribution is -2.40. The summed E-state index contributed by atoms with van der Waals surface area (Å²) in [6, 6.07) is 13.8. The summed E-state index contributed by atoms with van der Waals surface area (Å²) in [5.41, 5.74) is 24.4. The number of aliphatic imine (C=N–C) groups is 1. The molecule has 11 nitrogen and oxygen atoms in total. The topological polar surface area (TPSA) is 197 Å². The molecule has 1 amide bonds. The standard InChI is InChI=1S/C27H36N6O5S.BrH/c28-23(17-19-8-10-20(11-9-19)26(35)33-13-15-38-16-14-33)25(34)21(5-4-12-32-27(30)31)18-24(29)39(36,37)22-6-2-1-3-7-22;/h1-3,6-11,18,21,23H,4-5,12-17,28-29H2,(H4,30,31,32);1H/b24-18+;/t21-,23-;/m0./s1. The molecule has 2 aromatic carbocycles. The minimum Gasteiger partial charge on any atom is -0.389 e. The Hall–Kier alpha value is -3.26. The van der Waals surface area contributed by atoms with E-state index < -0.39 is 26.8 Å². The second-order valence-corrected chi connectivity index (χ2v) is 11.2. The Kier molecular flexibility index (Phi) is 12.8. The van der Waals surface area contributed by atoms with Crippen molar-refractivity contribution < 1.29 is 22.7 Å². The molecule has 0 saturated carbocycles. The van der Waals surface area contributed by atoms with Crippen molar-refractivity contribution in [2.45, 2.75) is 30.2 Å². The molecule has 1 saturated heterocycles. The van der Waals surface area contributed by atoms with Crippen LogP contribution in [0.2, 0.25) is 0 Å². The van der Waals surface area contributed by atoms with Crippen LogP contribution in [0.3, 0.4) is 0 Å². The van der Waals surface area contributed by atoms with Crippen LogP contribution in [0.15, 0.2) is 75.6 Å². The van der Waals surface area contributed by atoms with E-state index in [9.17, 15) is 18.0 Å². The van der Waals surface area contributed by atoms with Crippen molar-refractivity contribution in [1.82, 2.24) is 4.90 Å². The van der Waals surface area contributed by atoms with Crippen LogP contribution in [-0.2, 0) is 25.8 Å². The molecular formula is C27H37BrN6O5S. The van der Waals surface area contributed by atoms with Gasteiger partial charge in [0.1, 0.15) is 5.03 Å². The number of benzene rings is 2.